The van der Waals surface area contributed by atoms with Crippen LogP contribution in [0.1, 0.15) is 12.8 Å². The molecule has 0 amide bonds. The minimum absolute atomic E-state index is 0.726. The van der Waals surface area contributed by atoms with Crippen LogP contribution in [0.5, 0.6) is 5.75 Å². The molecule has 4 heteroatoms. The Labute approximate surface area is 167 Å². The normalized spacial score (nSPS) is 11.0. The highest BCUT2D eigenvalue weighted by Gasteiger charge is 2.12. The van der Waals surface area contributed by atoms with Crippen molar-refractivity contribution in [1.29, 1.82) is 0 Å². The predicted octanol–water partition coefficient (Wildman–Crippen LogP) is 6.33. The highest BCUT2D eigenvalue weighted by atomic mass is 79.9. The standard InChI is InChI=1S/C23H21BrN2O/c24-19-14-12-18(13-15-19)23-25-21-10-4-5-11-22(21)26(23)16-6-7-17-27-20-8-2-1-3-9-20/h1-5,8-15H,6-7,16-17H2. The molecule has 0 aliphatic rings. The molecule has 0 aliphatic carbocycles. The molecular formula is C23H21BrN2O. The number of fused-ring (bicyclic) bond motifs is 1. The van der Waals surface area contributed by atoms with Crippen molar-refractivity contribution in [3.05, 3.63) is 83.3 Å². The molecule has 4 aromatic rings. The average molecular weight is 421 g/mol. The van der Waals surface area contributed by atoms with Crippen LogP contribution in [0.2, 0.25) is 0 Å². The molecule has 3 aromatic carbocycles. The van der Waals surface area contributed by atoms with Gasteiger partial charge in [-0.05, 0) is 49.2 Å². The Balaban J connectivity index is 1.48. The maximum Gasteiger partial charge on any atom is 0.141 e. The zero-order chi connectivity index (χ0) is 18.5. The van der Waals surface area contributed by atoms with Gasteiger partial charge in [-0.3, -0.25) is 0 Å². The van der Waals surface area contributed by atoms with Crippen molar-refractivity contribution in [2.24, 2.45) is 0 Å². The van der Waals surface area contributed by atoms with E-state index in [1.165, 1.54) is 5.52 Å². The van der Waals surface area contributed by atoms with Crippen molar-refractivity contribution in [3.8, 4) is 17.1 Å². The quantitative estimate of drug-likeness (QED) is 0.326. The van der Waals surface area contributed by atoms with Gasteiger partial charge in [-0.2, -0.15) is 0 Å². The molecule has 0 N–H and O–H groups in total. The van der Waals surface area contributed by atoms with Crippen LogP contribution < -0.4 is 4.74 Å². The summed E-state index contributed by atoms with van der Waals surface area (Å²) in [6.45, 7) is 1.65. The van der Waals surface area contributed by atoms with Crippen molar-refractivity contribution >= 4 is 27.0 Å². The summed E-state index contributed by atoms with van der Waals surface area (Å²) >= 11 is 3.51. The largest absolute Gasteiger partial charge is 0.494 e. The van der Waals surface area contributed by atoms with Gasteiger partial charge in [0.2, 0.25) is 0 Å². The van der Waals surface area contributed by atoms with Gasteiger partial charge in [0.1, 0.15) is 11.6 Å². The number of imidazole rings is 1. The molecular weight excluding hydrogens is 400 g/mol. The highest BCUT2D eigenvalue weighted by Crippen LogP contribution is 2.26. The second kappa shape index (κ2) is 8.40. The summed E-state index contributed by atoms with van der Waals surface area (Å²) in [7, 11) is 0. The van der Waals surface area contributed by atoms with Crippen molar-refractivity contribution in [2.75, 3.05) is 6.61 Å². The first-order chi connectivity index (χ1) is 13.3. The molecule has 27 heavy (non-hydrogen) atoms. The fraction of sp³-hybridized carbons (Fsp3) is 0.174. The number of aryl methyl sites for hydroxylation is 1. The first-order valence-electron chi connectivity index (χ1n) is 9.20. The van der Waals surface area contributed by atoms with E-state index in [2.05, 4.69) is 63.0 Å². The second-order valence-corrected chi connectivity index (χ2v) is 7.37. The van der Waals surface area contributed by atoms with Gasteiger partial charge in [0.25, 0.3) is 0 Å². The van der Waals surface area contributed by atoms with Crippen LogP contribution in [0.3, 0.4) is 0 Å². The Morgan fingerprint density at radius 3 is 2.37 bits per heavy atom. The summed E-state index contributed by atoms with van der Waals surface area (Å²) < 4.78 is 9.21. The SMILES string of the molecule is Brc1ccc(-c2nc3ccccc3n2CCCCOc2ccccc2)cc1. The zero-order valence-corrected chi connectivity index (χ0v) is 16.6. The summed E-state index contributed by atoms with van der Waals surface area (Å²) in [5.41, 5.74) is 3.35. The van der Waals surface area contributed by atoms with Crippen molar-refractivity contribution in [2.45, 2.75) is 19.4 Å². The molecule has 0 unspecified atom stereocenters. The number of nitrogens with zero attached hydrogens (tertiary/aromatic N) is 2. The first-order valence-corrected chi connectivity index (χ1v) is 9.99. The average Bonchev–Trinajstić information content (AvgIpc) is 3.08. The highest BCUT2D eigenvalue weighted by molar-refractivity contribution is 9.10. The molecule has 0 bridgehead atoms. The summed E-state index contributed by atoms with van der Waals surface area (Å²) in [6, 6.07) is 26.7. The van der Waals surface area contributed by atoms with Gasteiger partial charge in [-0.15, -0.1) is 0 Å². The minimum atomic E-state index is 0.726. The lowest BCUT2D eigenvalue weighted by atomic mass is 10.2. The molecule has 0 saturated heterocycles. The maximum absolute atomic E-state index is 5.81. The van der Waals surface area contributed by atoms with E-state index in [1.807, 2.05) is 36.4 Å². The second-order valence-electron chi connectivity index (χ2n) is 6.45. The number of unbranched alkanes of at least 4 members (excludes halogenated alkanes) is 1. The Bertz CT molecular complexity index is 1010. The fourth-order valence-electron chi connectivity index (χ4n) is 3.20. The van der Waals surface area contributed by atoms with Gasteiger partial charge < -0.3 is 9.30 Å². The van der Waals surface area contributed by atoms with Gasteiger partial charge in [0.15, 0.2) is 0 Å². The van der Waals surface area contributed by atoms with E-state index < -0.39 is 0 Å². The summed E-state index contributed by atoms with van der Waals surface area (Å²) in [5.74, 6) is 1.95. The van der Waals surface area contributed by atoms with Crippen LogP contribution >= 0.6 is 15.9 Å². The van der Waals surface area contributed by atoms with E-state index in [0.29, 0.717) is 0 Å². The molecule has 0 saturated carbocycles. The van der Waals surface area contributed by atoms with Crippen molar-refractivity contribution < 1.29 is 4.74 Å². The van der Waals surface area contributed by atoms with E-state index in [4.69, 9.17) is 9.72 Å². The Morgan fingerprint density at radius 1 is 0.815 bits per heavy atom. The van der Waals surface area contributed by atoms with Gasteiger partial charge in [0, 0.05) is 16.6 Å². The molecule has 0 atom stereocenters. The van der Waals surface area contributed by atoms with Crippen molar-refractivity contribution in [1.82, 2.24) is 9.55 Å². The third-order valence-corrected chi connectivity index (χ3v) is 5.07. The van der Waals surface area contributed by atoms with Gasteiger partial charge in [-0.25, -0.2) is 4.98 Å². The van der Waals surface area contributed by atoms with Crippen LogP contribution in [-0.4, -0.2) is 16.2 Å². The van der Waals surface area contributed by atoms with Crippen LogP contribution in [0.25, 0.3) is 22.4 Å². The number of para-hydroxylation sites is 3. The van der Waals surface area contributed by atoms with E-state index in [-0.39, 0.29) is 0 Å². The lowest BCUT2D eigenvalue weighted by molar-refractivity contribution is 0.303. The third-order valence-electron chi connectivity index (χ3n) is 4.54. The van der Waals surface area contributed by atoms with Crippen LogP contribution in [0, 0.1) is 0 Å². The lowest BCUT2D eigenvalue weighted by Gasteiger charge is -2.10. The lowest BCUT2D eigenvalue weighted by Crippen LogP contribution is -2.04. The Kier molecular flexibility index (Phi) is 5.54. The number of rotatable bonds is 7. The predicted molar refractivity (Wildman–Crippen MR) is 114 cm³/mol. The molecule has 4 rings (SSSR count). The first kappa shape index (κ1) is 17.8. The zero-order valence-electron chi connectivity index (χ0n) is 15.0. The molecule has 0 radical (unpaired) electrons. The van der Waals surface area contributed by atoms with Crippen LogP contribution in [-0.2, 0) is 6.54 Å². The van der Waals surface area contributed by atoms with Gasteiger partial charge >= 0.3 is 0 Å². The number of hydrogen-bond acceptors (Lipinski definition) is 2. The number of benzene rings is 3. The molecule has 0 fully saturated rings. The molecule has 136 valence electrons. The molecule has 1 heterocycles. The molecule has 0 aliphatic heterocycles. The van der Waals surface area contributed by atoms with Gasteiger partial charge in [-0.1, -0.05) is 58.4 Å². The number of aromatic nitrogens is 2. The molecule has 3 nitrogen and oxygen atoms in total. The Hall–Kier alpha value is -2.59. The molecule has 1 aromatic heterocycles. The maximum atomic E-state index is 5.81. The third kappa shape index (κ3) is 4.22. The topological polar surface area (TPSA) is 27.1 Å². The van der Waals surface area contributed by atoms with Crippen molar-refractivity contribution in [3.63, 3.8) is 0 Å². The number of halogens is 1. The fourth-order valence-corrected chi connectivity index (χ4v) is 3.46. The monoisotopic (exact) mass is 420 g/mol. The minimum Gasteiger partial charge on any atom is -0.494 e. The van der Waals surface area contributed by atoms with Gasteiger partial charge in [0.05, 0.1) is 17.6 Å². The number of ether oxygens (including phenoxy) is 1. The van der Waals surface area contributed by atoms with E-state index in [0.717, 1.165) is 53.1 Å². The summed E-state index contributed by atoms with van der Waals surface area (Å²) in [4.78, 5) is 4.88. The smallest absolute Gasteiger partial charge is 0.141 e. The van der Waals surface area contributed by atoms with E-state index >= 15 is 0 Å². The molecule has 0 spiro atoms. The summed E-state index contributed by atoms with van der Waals surface area (Å²) in [6.07, 6.45) is 2.04. The van der Waals surface area contributed by atoms with Crippen LogP contribution in [0.4, 0.5) is 0 Å². The number of hydrogen-bond donors (Lipinski definition) is 0. The van der Waals surface area contributed by atoms with Crippen LogP contribution in [0.15, 0.2) is 83.3 Å². The summed E-state index contributed by atoms with van der Waals surface area (Å²) in [5, 5.41) is 0. The Morgan fingerprint density at radius 2 is 1.56 bits per heavy atom. The van der Waals surface area contributed by atoms with E-state index in [1.54, 1.807) is 0 Å². The van der Waals surface area contributed by atoms with E-state index in [9.17, 15) is 0 Å².